The zero-order chi connectivity index (χ0) is 24.5. The molecule has 0 radical (unpaired) electrons. The van der Waals surface area contributed by atoms with Crippen LogP contribution in [0.15, 0.2) is 71.7 Å². The van der Waals surface area contributed by atoms with Crippen LogP contribution in [0, 0.1) is 5.92 Å². The average molecular weight is 479 g/mol. The van der Waals surface area contributed by atoms with Crippen molar-refractivity contribution in [3.63, 3.8) is 0 Å². The Balaban J connectivity index is 1.84. The summed E-state index contributed by atoms with van der Waals surface area (Å²) >= 11 is 1.49. The third kappa shape index (κ3) is 6.96. The minimum atomic E-state index is -0.370. The molecule has 3 aromatic rings. The number of nitrogens with one attached hydrogen (secondary N) is 2. The maximum absolute atomic E-state index is 13.4. The number of hydrogen-bond donors (Lipinski definition) is 2. The summed E-state index contributed by atoms with van der Waals surface area (Å²) in [6.07, 6.45) is 2.44. The van der Waals surface area contributed by atoms with Crippen molar-refractivity contribution in [2.45, 2.75) is 26.3 Å². The number of ether oxygens (including phenoxy) is 2. The molecule has 2 aromatic carbocycles. The van der Waals surface area contributed by atoms with E-state index in [1.165, 1.54) is 11.3 Å². The predicted molar refractivity (Wildman–Crippen MR) is 136 cm³/mol. The zero-order valence-electron chi connectivity index (χ0n) is 19.8. The molecule has 1 heterocycles. The molecule has 2 N–H and O–H groups in total. The molecule has 0 bridgehead atoms. The van der Waals surface area contributed by atoms with Crippen molar-refractivity contribution in [3.05, 3.63) is 87.7 Å². The standard InChI is InChI=1S/C27H30N2O4S/c1-18(2)16-24(19-7-11-21(32-3)12-8-19)28-27(31)25(17-23-6-5-15-34-23)29-26(30)20-9-13-22(33-4)14-10-20/h5-15,17-18,24H,16H2,1-4H3,(H,28,31)(H,29,30)/b25-17-. The minimum Gasteiger partial charge on any atom is -0.497 e. The third-order valence-corrected chi connectivity index (χ3v) is 6.02. The second kappa shape index (κ2) is 12.0. The Labute approximate surface area is 204 Å². The van der Waals surface area contributed by atoms with Crippen molar-refractivity contribution in [3.8, 4) is 11.5 Å². The zero-order valence-corrected chi connectivity index (χ0v) is 20.6. The molecule has 3 rings (SSSR count). The fraction of sp³-hybridized carbons (Fsp3) is 0.259. The number of benzene rings is 2. The summed E-state index contributed by atoms with van der Waals surface area (Å²) in [7, 11) is 3.19. The van der Waals surface area contributed by atoms with Crippen molar-refractivity contribution in [2.75, 3.05) is 14.2 Å². The SMILES string of the molecule is COc1ccc(C(=O)N/C(=C\c2cccs2)C(=O)NC(CC(C)C)c2ccc(OC)cc2)cc1. The van der Waals surface area contributed by atoms with Gasteiger partial charge in [0.05, 0.1) is 20.3 Å². The lowest BCUT2D eigenvalue weighted by molar-refractivity contribution is -0.118. The first-order valence-corrected chi connectivity index (χ1v) is 11.9. The van der Waals surface area contributed by atoms with E-state index in [1.807, 2.05) is 41.8 Å². The Morgan fingerprint density at radius 3 is 2.09 bits per heavy atom. The van der Waals surface area contributed by atoms with Crippen molar-refractivity contribution < 1.29 is 19.1 Å². The maximum atomic E-state index is 13.4. The second-order valence-corrected chi connectivity index (χ2v) is 9.16. The van der Waals surface area contributed by atoms with Crippen LogP contribution < -0.4 is 20.1 Å². The van der Waals surface area contributed by atoms with Gasteiger partial charge in [0.2, 0.25) is 0 Å². The van der Waals surface area contributed by atoms with Crippen molar-refractivity contribution in [2.24, 2.45) is 5.92 Å². The molecule has 0 fully saturated rings. The topological polar surface area (TPSA) is 76.7 Å². The number of carbonyl (C=O) groups excluding carboxylic acids is 2. The molecule has 6 nitrogen and oxygen atoms in total. The Morgan fingerprint density at radius 1 is 0.941 bits per heavy atom. The summed E-state index contributed by atoms with van der Waals surface area (Å²) in [5.74, 6) is 1.04. The van der Waals surface area contributed by atoms with Gasteiger partial charge in [-0.05, 0) is 71.8 Å². The first kappa shape index (κ1) is 25.1. The van der Waals surface area contributed by atoms with Crippen LogP contribution in [0.25, 0.3) is 6.08 Å². The van der Waals surface area contributed by atoms with Gasteiger partial charge in [0.15, 0.2) is 0 Å². The summed E-state index contributed by atoms with van der Waals surface area (Å²) in [6.45, 7) is 4.22. The van der Waals surface area contributed by atoms with Gasteiger partial charge in [0.25, 0.3) is 11.8 Å². The van der Waals surface area contributed by atoms with Gasteiger partial charge in [-0.15, -0.1) is 11.3 Å². The van der Waals surface area contributed by atoms with E-state index < -0.39 is 0 Å². The summed E-state index contributed by atoms with van der Waals surface area (Å²) < 4.78 is 10.4. The van der Waals surface area contributed by atoms with Gasteiger partial charge in [-0.3, -0.25) is 9.59 Å². The van der Waals surface area contributed by atoms with Gasteiger partial charge in [0.1, 0.15) is 17.2 Å². The van der Waals surface area contributed by atoms with Crippen LogP contribution in [0.3, 0.4) is 0 Å². The van der Waals surface area contributed by atoms with Crippen molar-refractivity contribution >= 4 is 29.2 Å². The molecule has 178 valence electrons. The summed E-state index contributed by atoms with van der Waals surface area (Å²) in [6, 6.07) is 18.0. The summed E-state index contributed by atoms with van der Waals surface area (Å²) in [4.78, 5) is 27.2. The first-order chi connectivity index (χ1) is 16.4. The molecule has 1 aromatic heterocycles. The van der Waals surface area contributed by atoms with Crippen molar-refractivity contribution in [1.29, 1.82) is 0 Å². The van der Waals surface area contributed by atoms with Gasteiger partial charge < -0.3 is 20.1 Å². The van der Waals surface area contributed by atoms with E-state index in [-0.39, 0.29) is 23.6 Å². The van der Waals surface area contributed by atoms with E-state index in [2.05, 4.69) is 24.5 Å². The number of carbonyl (C=O) groups is 2. The molecular formula is C27H30N2O4S. The second-order valence-electron chi connectivity index (χ2n) is 8.18. The highest BCUT2D eigenvalue weighted by Gasteiger charge is 2.21. The summed E-state index contributed by atoms with van der Waals surface area (Å²) in [5.41, 5.74) is 1.59. The van der Waals surface area contributed by atoms with E-state index in [0.29, 0.717) is 17.2 Å². The molecule has 0 spiro atoms. The lowest BCUT2D eigenvalue weighted by Gasteiger charge is -2.22. The van der Waals surface area contributed by atoms with Gasteiger partial charge in [-0.1, -0.05) is 32.0 Å². The highest BCUT2D eigenvalue weighted by atomic mass is 32.1. The fourth-order valence-electron chi connectivity index (χ4n) is 3.43. The Hall–Kier alpha value is -3.58. The van der Waals surface area contributed by atoms with Gasteiger partial charge in [0, 0.05) is 10.4 Å². The molecule has 1 atom stereocenters. The third-order valence-electron chi connectivity index (χ3n) is 5.21. The molecule has 0 aliphatic carbocycles. The fourth-order valence-corrected chi connectivity index (χ4v) is 4.09. The van der Waals surface area contributed by atoms with Crippen LogP contribution >= 0.6 is 11.3 Å². The van der Waals surface area contributed by atoms with Gasteiger partial charge in [-0.2, -0.15) is 0 Å². The molecule has 1 unspecified atom stereocenters. The number of methoxy groups -OCH3 is 2. The Morgan fingerprint density at radius 2 is 1.56 bits per heavy atom. The van der Waals surface area contributed by atoms with Crippen LogP contribution in [-0.4, -0.2) is 26.0 Å². The Kier molecular flexibility index (Phi) is 8.87. The molecule has 0 aliphatic rings. The lowest BCUT2D eigenvalue weighted by Crippen LogP contribution is -2.37. The first-order valence-electron chi connectivity index (χ1n) is 11.0. The van der Waals surface area contributed by atoms with Crippen LogP contribution in [0.1, 0.15) is 47.1 Å². The quantitative estimate of drug-likeness (QED) is 0.381. The van der Waals surface area contributed by atoms with Gasteiger partial charge in [-0.25, -0.2) is 0 Å². The molecule has 0 aliphatic heterocycles. The lowest BCUT2D eigenvalue weighted by atomic mass is 9.96. The normalized spacial score (nSPS) is 12.2. The maximum Gasteiger partial charge on any atom is 0.268 e. The number of hydrogen-bond acceptors (Lipinski definition) is 5. The van der Waals surface area contributed by atoms with E-state index in [1.54, 1.807) is 44.6 Å². The largest absolute Gasteiger partial charge is 0.497 e. The molecular weight excluding hydrogens is 448 g/mol. The van der Waals surface area contributed by atoms with E-state index in [4.69, 9.17) is 9.47 Å². The molecule has 7 heteroatoms. The number of thiophene rings is 1. The average Bonchev–Trinajstić information content (AvgIpc) is 3.36. The van der Waals surface area contributed by atoms with Crippen LogP contribution in [0.5, 0.6) is 11.5 Å². The molecule has 34 heavy (non-hydrogen) atoms. The predicted octanol–water partition coefficient (Wildman–Crippen LogP) is 5.44. The molecule has 2 amide bonds. The van der Waals surface area contributed by atoms with Crippen LogP contribution in [0.2, 0.25) is 0 Å². The summed E-state index contributed by atoms with van der Waals surface area (Å²) in [5, 5.41) is 7.83. The number of amides is 2. The Bertz CT molecular complexity index is 1100. The monoisotopic (exact) mass is 478 g/mol. The highest BCUT2D eigenvalue weighted by molar-refractivity contribution is 7.10. The minimum absolute atomic E-state index is 0.186. The van der Waals surface area contributed by atoms with Crippen molar-refractivity contribution in [1.82, 2.24) is 10.6 Å². The van der Waals surface area contributed by atoms with E-state index in [9.17, 15) is 9.59 Å². The highest BCUT2D eigenvalue weighted by Crippen LogP contribution is 2.24. The number of rotatable bonds is 10. The van der Waals surface area contributed by atoms with Crippen LogP contribution in [0.4, 0.5) is 0 Å². The smallest absolute Gasteiger partial charge is 0.268 e. The van der Waals surface area contributed by atoms with E-state index >= 15 is 0 Å². The van der Waals surface area contributed by atoms with E-state index in [0.717, 1.165) is 22.6 Å². The van der Waals surface area contributed by atoms with Crippen LogP contribution in [-0.2, 0) is 4.79 Å². The molecule has 0 saturated carbocycles. The van der Waals surface area contributed by atoms with Gasteiger partial charge >= 0.3 is 0 Å². The molecule has 0 saturated heterocycles.